The van der Waals surface area contributed by atoms with Crippen LogP contribution in [0.25, 0.3) is 0 Å². The predicted molar refractivity (Wildman–Crippen MR) is 143 cm³/mol. The Hall–Kier alpha value is -3.83. The highest BCUT2D eigenvalue weighted by Crippen LogP contribution is 2.39. The van der Waals surface area contributed by atoms with Crippen molar-refractivity contribution in [1.29, 1.82) is 0 Å². The third-order valence-corrected chi connectivity index (χ3v) is 6.67. The molecule has 2 rings (SSSR count). The zero-order chi connectivity index (χ0) is 34.0. The van der Waals surface area contributed by atoms with E-state index in [2.05, 4.69) is 0 Å². The summed E-state index contributed by atoms with van der Waals surface area (Å²) in [6, 6.07) is 0. The van der Waals surface area contributed by atoms with Gasteiger partial charge in [0, 0.05) is 61.5 Å². The molecule has 0 aliphatic carbocycles. The van der Waals surface area contributed by atoms with E-state index in [1.165, 1.54) is 7.11 Å². The Kier molecular flexibility index (Phi) is 14.1. The van der Waals surface area contributed by atoms with Crippen LogP contribution < -0.4 is 0 Å². The molecule has 45 heavy (non-hydrogen) atoms. The van der Waals surface area contributed by atoms with Crippen LogP contribution in [0.5, 0.6) is 0 Å². The van der Waals surface area contributed by atoms with E-state index < -0.39 is 116 Å². The first-order valence-electron chi connectivity index (χ1n) is 14.0. The quantitative estimate of drug-likeness (QED) is 0.200. The van der Waals surface area contributed by atoms with Gasteiger partial charge in [-0.15, -0.1) is 0 Å². The van der Waals surface area contributed by atoms with Gasteiger partial charge in [-0.05, 0) is 6.42 Å². The molecular formula is C28H40O17. The van der Waals surface area contributed by atoms with Crippen LogP contribution >= 0.6 is 0 Å². The second-order valence-electron chi connectivity index (χ2n) is 10.4. The number of rotatable bonds is 12. The number of carbonyl (C=O) groups is 7. The maximum atomic E-state index is 12.3. The summed E-state index contributed by atoms with van der Waals surface area (Å²) in [6.07, 6.45) is -12.0. The van der Waals surface area contributed by atoms with Gasteiger partial charge in [0.2, 0.25) is 0 Å². The van der Waals surface area contributed by atoms with Gasteiger partial charge in [-0.1, -0.05) is 0 Å². The fourth-order valence-corrected chi connectivity index (χ4v) is 5.25. The van der Waals surface area contributed by atoms with Crippen molar-refractivity contribution in [3.05, 3.63) is 0 Å². The van der Waals surface area contributed by atoms with Gasteiger partial charge in [0.15, 0.2) is 30.7 Å². The molecule has 0 aromatic rings. The number of hydrogen-bond acceptors (Lipinski definition) is 17. The predicted octanol–water partition coefficient (Wildman–Crippen LogP) is -0.0839. The smallest absolute Gasteiger partial charge is 0.303 e. The number of hydrogen-bond donors (Lipinski definition) is 0. The fourth-order valence-electron chi connectivity index (χ4n) is 5.25. The van der Waals surface area contributed by atoms with Crippen molar-refractivity contribution in [3.8, 4) is 0 Å². The first kappa shape index (κ1) is 37.4. The molecule has 0 radical (unpaired) electrons. The van der Waals surface area contributed by atoms with Gasteiger partial charge in [-0.25, -0.2) is 0 Å². The molecular weight excluding hydrogens is 608 g/mol. The Balaban J connectivity index is 2.70. The highest BCUT2D eigenvalue weighted by Gasteiger charge is 2.56. The van der Waals surface area contributed by atoms with Crippen molar-refractivity contribution in [2.75, 3.05) is 20.3 Å². The molecule has 254 valence electrons. The highest BCUT2D eigenvalue weighted by molar-refractivity contribution is 5.69. The molecule has 2 aliphatic rings. The number of ether oxygens (including phenoxy) is 10. The zero-order valence-corrected chi connectivity index (χ0v) is 26.3. The molecule has 0 N–H and O–H groups in total. The third-order valence-electron chi connectivity index (χ3n) is 6.67. The lowest BCUT2D eigenvalue weighted by atomic mass is 9.80. The van der Waals surface area contributed by atoms with E-state index in [9.17, 15) is 33.6 Å². The van der Waals surface area contributed by atoms with E-state index in [1.54, 1.807) is 0 Å². The largest absolute Gasteiger partial charge is 0.463 e. The standard InChI is InChI=1S/C28H40O17/c1-12(29)37-10-21-23(39-14(3)31)19(24(40-15(4)32)28(36-8)45-21)9-20-25(41-16(5)33)27(43-18(7)35)26(42-17(6)34)22(44-20)11-38-13(2)30/h19-28H,9-11H2,1-8H3/t19-,20+,21+,22+,23-,24-,25+,26+,27+,28-/m0/s1. The summed E-state index contributed by atoms with van der Waals surface area (Å²) < 4.78 is 55.4. The van der Waals surface area contributed by atoms with Crippen LogP contribution in [-0.2, 0) is 80.9 Å². The minimum absolute atomic E-state index is 0.269. The van der Waals surface area contributed by atoms with Crippen LogP contribution in [0.1, 0.15) is 54.9 Å². The van der Waals surface area contributed by atoms with E-state index in [0.717, 1.165) is 48.5 Å². The molecule has 2 aliphatic heterocycles. The SMILES string of the molecule is CO[C@H]1O[C@H](COC(C)=O)[C@@H](OC(C)=O)[C@H](C[C@H]2O[C@H](COC(C)=O)[C@@H](OC(C)=O)[C@H](OC(C)=O)[C@@H]2OC(C)=O)[C@@H]1OC(C)=O. The van der Waals surface area contributed by atoms with E-state index in [4.69, 9.17) is 47.4 Å². The van der Waals surface area contributed by atoms with Crippen molar-refractivity contribution in [2.45, 2.75) is 110 Å². The van der Waals surface area contributed by atoms with Crippen LogP contribution in [0.15, 0.2) is 0 Å². The minimum Gasteiger partial charge on any atom is -0.463 e. The molecule has 0 spiro atoms. The van der Waals surface area contributed by atoms with Gasteiger partial charge in [0.1, 0.15) is 31.5 Å². The van der Waals surface area contributed by atoms with Gasteiger partial charge in [0.05, 0.1) is 6.10 Å². The van der Waals surface area contributed by atoms with Gasteiger partial charge in [-0.2, -0.15) is 0 Å². The van der Waals surface area contributed by atoms with Gasteiger partial charge in [0.25, 0.3) is 0 Å². The third kappa shape index (κ3) is 11.2. The molecule has 0 aromatic carbocycles. The molecule has 0 amide bonds. The first-order valence-corrected chi connectivity index (χ1v) is 14.0. The van der Waals surface area contributed by atoms with Crippen LogP contribution in [0.4, 0.5) is 0 Å². The lowest BCUT2D eigenvalue weighted by molar-refractivity contribution is -0.299. The van der Waals surface area contributed by atoms with E-state index in [-0.39, 0.29) is 6.42 Å². The van der Waals surface area contributed by atoms with Crippen molar-refractivity contribution >= 4 is 41.8 Å². The lowest BCUT2D eigenvalue weighted by Crippen LogP contribution is -2.64. The number of methoxy groups -OCH3 is 1. The molecule has 0 aromatic heterocycles. The first-order chi connectivity index (χ1) is 21.0. The van der Waals surface area contributed by atoms with Crippen LogP contribution in [-0.4, -0.2) is 117 Å². The van der Waals surface area contributed by atoms with Crippen LogP contribution in [0, 0.1) is 5.92 Å². The average Bonchev–Trinajstić information content (AvgIpc) is 2.90. The molecule has 0 unspecified atom stereocenters. The van der Waals surface area contributed by atoms with E-state index >= 15 is 0 Å². The Bertz CT molecular complexity index is 1100. The van der Waals surface area contributed by atoms with Crippen molar-refractivity contribution < 1.29 is 80.9 Å². The molecule has 2 fully saturated rings. The van der Waals surface area contributed by atoms with Crippen molar-refractivity contribution in [1.82, 2.24) is 0 Å². The minimum atomic E-state index is -1.47. The van der Waals surface area contributed by atoms with Gasteiger partial charge >= 0.3 is 41.8 Å². The second-order valence-corrected chi connectivity index (χ2v) is 10.4. The Morgan fingerprint density at radius 2 is 0.844 bits per heavy atom. The topological polar surface area (TPSA) is 212 Å². The molecule has 10 atom stereocenters. The fraction of sp³-hybridized carbons (Fsp3) is 0.750. The van der Waals surface area contributed by atoms with Crippen molar-refractivity contribution in [3.63, 3.8) is 0 Å². The highest BCUT2D eigenvalue weighted by atomic mass is 16.7. The summed E-state index contributed by atoms with van der Waals surface area (Å²) >= 11 is 0. The number of carbonyl (C=O) groups excluding carboxylic acids is 7. The lowest BCUT2D eigenvalue weighted by Gasteiger charge is -2.48. The Labute approximate surface area is 259 Å². The second kappa shape index (κ2) is 17.0. The summed E-state index contributed by atoms with van der Waals surface area (Å²) in [4.78, 5) is 84.4. The molecule has 2 saturated heterocycles. The summed E-state index contributed by atoms with van der Waals surface area (Å²) in [7, 11) is 1.27. The van der Waals surface area contributed by atoms with Crippen LogP contribution in [0.3, 0.4) is 0 Å². The Morgan fingerprint density at radius 3 is 1.27 bits per heavy atom. The van der Waals surface area contributed by atoms with Gasteiger partial charge < -0.3 is 47.4 Å². The summed E-state index contributed by atoms with van der Waals surface area (Å²) in [6.45, 7) is 6.93. The summed E-state index contributed by atoms with van der Waals surface area (Å²) in [5, 5.41) is 0. The molecule has 17 nitrogen and oxygen atoms in total. The molecule has 0 saturated carbocycles. The number of esters is 7. The van der Waals surface area contributed by atoms with Crippen molar-refractivity contribution in [2.24, 2.45) is 5.92 Å². The van der Waals surface area contributed by atoms with Gasteiger partial charge in [-0.3, -0.25) is 33.6 Å². The molecule has 17 heteroatoms. The van der Waals surface area contributed by atoms with Crippen LogP contribution in [0.2, 0.25) is 0 Å². The average molecular weight is 649 g/mol. The maximum Gasteiger partial charge on any atom is 0.303 e. The van der Waals surface area contributed by atoms with E-state index in [1.807, 2.05) is 0 Å². The van der Waals surface area contributed by atoms with E-state index in [0.29, 0.717) is 0 Å². The molecule has 0 bridgehead atoms. The zero-order valence-electron chi connectivity index (χ0n) is 26.3. The molecule has 2 heterocycles. The maximum absolute atomic E-state index is 12.3. The summed E-state index contributed by atoms with van der Waals surface area (Å²) in [5.41, 5.74) is 0. The normalized spacial score (nSPS) is 31.0. The Morgan fingerprint density at radius 1 is 0.467 bits per heavy atom. The monoisotopic (exact) mass is 648 g/mol. The summed E-state index contributed by atoms with van der Waals surface area (Å²) in [5.74, 6) is -6.40.